The number of carbonyl (C=O) groups excluding carboxylic acids is 1. The maximum atomic E-state index is 13.0. The summed E-state index contributed by atoms with van der Waals surface area (Å²) in [6.45, 7) is 4.32. The van der Waals surface area contributed by atoms with Crippen LogP contribution in [0.25, 0.3) is 0 Å². The van der Waals surface area contributed by atoms with Crippen LogP contribution >= 0.6 is 0 Å². The molecule has 0 saturated carbocycles. The highest BCUT2D eigenvalue weighted by Gasteiger charge is 2.28. The van der Waals surface area contributed by atoms with Gasteiger partial charge in [-0.05, 0) is 50.2 Å². The van der Waals surface area contributed by atoms with E-state index >= 15 is 0 Å². The van der Waals surface area contributed by atoms with Crippen molar-refractivity contribution in [3.8, 4) is 0 Å². The Balaban J connectivity index is 2.01. The topological polar surface area (TPSA) is 114 Å². The van der Waals surface area contributed by atoms with E-state index < -0.39 is 20.0 Å². The summed E-state index contributed by atoms with van der Waals surface area (Å²) in [5.74, 6) is -0.287. The van der Waals surface area contributed by atoms with Gasteiger partial charge in [0, 0.05) is 18.3 Å². The molecule has 0 aliphatic carbocycles. The van der Waals surface area contributed by atoms with Crippen molar-refractivity contribution in [2.75, 3.05) is 10.0 Å². The minimum absolute atomic E-state index is 0.0618. The molecule has 0 unspecified atom stereocenters. The highest BCUT2D eigenvalue weighted by Crippen LogP contribution is 2.27. The molecule has 0 spiro atoms. The fourth-order valence-corrected chi connectivity index (χ4v) is 6.14. The summed E-state index contributed by atoms with van der Waals surface area (Å²) in [6, 6.07) is 15.3. The van der Waals surface area contributed by atoms with Crippen LogP contribution in [0.3, 0.4) is 0 Å². The molecule has 3 aromatic rings. The van der Waals surface area contributed by atoms with E-state index in [-0.39, 0.29) is 32.8 Å². The van der Waals surface area contributed by atoms with Crippen LogP contribution in [0.1, 0.15) is 18.3 Å². The molecule has 0 saturated heterocycles. The van der Waals surface area contributed by atoms with Crippen LogP contribution in [0, 0.1) is 13.8 Å². The minimum atomic E-state index is -4.08. The lowest BCUT2D eigenvalue weighted by Crippen LogP contribution is -2.18. The van der Waals surface area contributed by atoms with Gasteiger partial charge in [-0.25, -0.2) is 20.8 Å². The number of benzene rings is 2. The number of hydrogen-bond donors (Lipinski definition) is 2. The lowest BCUT2D eigenvalue weighted by atomic mass is 10.3. The second-order valence-corrected chi connectivity index (χ2v) is 10.1. The summed E-state index contributed by atoms with van der Waals surface area (Å²) in [4.78, 5) is 11.1. The fourth-order valence-electron chi connectivity index (χ4n) is 3.13. The number of amides is 1. The highest BCUT2D eigenvalue weighted by molar-refractivity contribution is 7.93. The van der Waals surface area contributed by atoms with Gasteiger partial charge in [-0.15, -0.1) is 0 Å². The van der Waals surface area contributed by atoms with Gasteiger partial charge in [-0.2, -0.15) is 0 Å². The molecule has 158 valence electrons. The molecule has 1 aromatic heterocycles. The third-order valence-electron chi connectivity index (χ3n) is 4.33. The number of hydrogen-bond acceptors (Lipinski definition) is 5. The van der Waals surface area contributed by atoms with E-state index in [2.05, 4.69) is 10.0 Å². The van der Waals surface area contributed by atoms with Gasteiger partial charge in [-0.3, -0.25) is 9.52 Å². The third kappa shape index (κ3) is 4.24. The molecule has 0 bridgehead atoms. The van der Waals surface area contributed by atoms with Gasteiger partial charge >= 0.3 is 0 Å². The van der Waals surface area contributed by atoms with Crippen molar-refractivity contribution in [1.29, 1.82) is 0 Å². The summed E-state index contributed by atoms with van der Waals surface area (Å²) in [6.07, 6.45) is 0. The fraction of sp³-hybridized carbons (Fsp3) is 0.150. The largest absolute Gasteiger partial charge is 0.326 e. The van der Waals surface area contributed by atoms with E-state index in [4.69, 9.17) is 0 Å². The maximum Gasteiger partial charge on any atom is 0.268 e. The van der Waals surface area contributed by atoms with Gasteiger partial charge in [0.2, 0.25) is 5.91 Å². The Hall–Kier alpha value is -3.11. The summed E-state index contributed by atoms with van der Waals surface area (Å²) in [5, 5.41) is 2.58. The average Bonchev–Trinajstić information content (AvgIpc) is 2.97. The van der Waals surface area contributed by atoms with E-state index in [0.29, 0.717) is 5.69 Å². The van der Waals surface area contributed by atoms with Crippen LogP contribution in [0.4, 0.5) is 11.4 Å². The Bertz CT molecular complexity index is 1310. The average molecular weight is 448 g/mol. The number of sulfonamides is 1. The molecule has 2 N–H and O–H groups in total. The predicted molar refractivity (Wildman–Crippen MR) is 114 cm³/mol. The smallest absolute Gasteiger partial charge is 0.268 e. The Labute approximate surface area is 175 Å². The molecular formula is C20H21N3O5S2. The molecule has 0 aliphatic rings. The monoisotopic (exact) mass is 447 g/mol. The second-order valence-electron chi connectivity index (χ2n) is 6.69. The molecule has 0 atom stereocenters. The standard InChI is InChI=1S/C20H21N3O5S2/c1-14-12-20(15(2)23(14)30(27,28)19-10-5-4-6-11-19)29(25,26)22-18-9-7-8-17(13-18)21-16(3)24/h4-13,22H,1-3H3,(H,21,24). The van der Waals surface area contributed by atoms with Crippen molar-refractivity contribution in [2.24, 2.45) is 0 Å². The lowest BCUT2D eigenvalue weighted by Gasteiger charge is -2.12. The first-order chi connectivity index (χ1) is 14.0. The number of anilines is 2. The Kier molecular flexibility index (Phi) is 5.73. The summed E-state index contributed by atoms with van der Waals surface area (Å²) >= 11 is 0. The molecule has 0 fully saturated rings. The van der Waals surface area contributed by atoms with Crippen LogP contribution in [0.5, 0.6) is 0 Å². The van der Waals surface area contributed by atoms with E-state index in [0.717, 1.165) is 3.97 Å². The SMILES string of the molecule is CC(=O)Nc1cccc(NS(=O)(=O)c2cc(C)n(S(=O)(=O)c3ccccc3)c2C)c1. The van der Waals surface area contributed by atoms with Crippen LogP contribution in [-0.2, 0) is 24.8 Å². The molecule has 0 aliphatic heterocycles. The number of aromatic nitrogens is 1. The molecule has 10 heteroatoms. The van der Waals surface area contributed by atoms with Gasteiger partial charge in [0.25, 0.3) is 20.0 Å². The zero-order chi connectivity index (χ0) is 22.1. The number of carbonyl (C=O) groups is 1. The van der Waals surface area contributed by atoms with E-state index in [1.54, 1.807) is 30.3 Å². The number of rotatable bonds is 6. The van der Waals surface area contributed by atoms with Gasteiger partial charge in [0.15, 0.2) is 0 Å². The summed E-state index contributed by atoms with van der Waals surface area (Å²) in [7, 11) is -8.04. The normalized spacial score (nSPS) is 11.8. The van der Waals surface area contributed by atoms with Gasteiger partial charge < -0.3 is 5.32 Å². The van der Waals surface area contributed by atoms with Gasteiger partial charge in [-0.1, -0.05) is 24.3 Å². The zero-order valence-corrected chi connectivity index (χ0v) is 18.2. The van der Waals surface area contributed by atoms with E-state index in [1.165, 1.54) is 51.1 Å². The van der Waals surface area contributed by atoms with Crippen molar-refractivity contribution in [1.82, 2.24) is 3.97 Å². The van der Waals surface area contributed by atoms with Crippen molar-refractivity contribution in [3.63, 3.8) is 0 Å². The molecule has 0 radical (unpaired) electrons. The first kappa shape index (κ1) is 21.6. The molecule has 30 heavy (non-hydrogen) atoms. The van der Waals surface area contributed by atoms with Crippen molar-refractivity contribution in [3.05, 3.63) is 72.1 Å². The quantitative estimate of drug-likeness (QED) is 0.603. The van der Waals surface area contributed by atoms with Crippen LogP contribution in [0.2, 0.25) is 0 Å². The molecule has 3 rings (SSSR count). The predicted octanol–water partition coefficient (Wildman–Crippen LogP) is 3.10. The summed E-state index contributed by atoms with van der Waals surface area (Å²) in [5.41, 5.74) is 1.00. The summed E-state index contributed by atoms with van der Waals surface area (Å²) < 4.78 is 55.5. The van der Waals surface area contributed by atoms with Crippen LogP contribution < -0.4 is 10.0 Å². The molecule has 1 heterocycles. The lowest BCUT2D eigenvalue weighted by molar-refractivity contribution is -0.114. The molecular weight excluding hydrogens is 426 g/mol. The van der Waals surface area contributed by atoms with Crippen LogP contribution in [-0.4, -0.2) is 26.7 Å². The Morgan fingerprint density at radius 3 is 2.13 bits per heavy atom. The van der Waals surface area contributed by atoms with Crippen molar-refractivity contribution >= 4 is 37.3 Å². The maximum absolute atomic E-state index is 13.0. The minimum Gasteiger partial charge on any atom is -0.326 e. The second kappa shape index (κ2) is 7.96. The first-order valence-electron chi connectivity index (χ1n) is 8.92. The third-order valence-corrected chi connectivity index (χ3v) is 7.73. The Morgan fingerprint density at radius 1 is 0.867 bits per heavy atom. The van der Waals surface area contributed by atoms with E-state index in [1.807, 2.05) is 0 Å². The number of nitrogens with one attached hydrogen (secondary N) is 2. The van der Waals surface area contributed by atoms with Gasteiger partial charge in [0.05, 0.1) is 16.3 Å². The van der Waals surface area contributed by atoms with Crippen molar-refractivity contribution in [2.45, 2.75) is 30.6 Å². The number of nitrogens with zero attached hydrogens (tertiary/aromatic N) is 1. The molecule has 8 nitrogen and oxygen atoms in total. The zero-order valence-electron chi connectivity index (χ0n) is 16.6. The molecule has 2 aromatic carbocycles. The highest BCUT2D eigenvalue weighted by atomic mass is 32.2. The van der Waals surface area contributed by atoms with Crippen LogP contribution in [0.15, 0.2) is 70.5 Å². The van der Waals surface area contributed by atoms with Gasteiger partial charge in [0.1, 0.15) is 4.90 Å². The van der Waals surface area contributed by atoms with Crippen molar-refractivity contribution < 1.29 is 21.6 Å². The first-order valence-corrected chi connectivity index (χ1v) is 11.8. The Morgan fingerprint density at radius 2 is 1.50 bits per heavy atom. The van der Waals surface area contributed by atoms with E-state index in [9.17, 15) is 21.6 Å². The number of aryl methyl sites for hydroxylation is 1. The molecule has 1 amide bonds.